The summed E-state index contributed by atoms with van der Waals surface area (Å²) < 4.78 is 25.4. The summed E-state index contributed by atoms with van der Waals surface area (Å²) in [6.07, 6.45) is -4.92. The first-order chi connectivity index (χ1) is 17.1. The molecule has 0 radical (unpaired) electrons. The molecule has 0 saturated carbocycles. The zero-order valence-electron chi connectivity index (χ0n) is 19.4. The van der Waals surface area contributed by atoms with Crippen molar-refractivity contribution >= 4 is 5.84 Å². The molecule has 2 fully saturated rings. The minimum absolute atomic E-state index is 0.00254. The van der Waals surface area contributed by atoms with E-state index in [4.69, 9.17) is 30.8 Å². The van der Waals surface area contributed by atoms with Crippen LogP contribution in [0.15, 0.2) is 22.1 Å². The lowest BCUT2D eigenvalue weighted by atomic mass is 10.1. The molecule has 0 aliphatic carbocycles. The number of nitrogens with zero attached hydrogens (tertiary/aromatic N) is 4. The molecule has 36 heavy (non-hydrogen) atoms. The van der Waals surface area contributed by atoms with Crippen LogP contribution < -0.4 is 17.0 Å². The van der Waals surface area contributed by atoms with Crippen LogP contribution in [-0.4, -0.2) is 99.4 Å². The third kappa shape index (κ3) is 6.38. The second kappa shape index (κ2) is 12.8. The molecule has 7 atom stereocenters. The maximum absolute atomic E-state index is 13.0. The minimum atomic E-state index is -1.23. The van der Waals surface area contributed by atoms with Crippen LogP contribution in [0.4, 0.5) is 4.39 Å². The van der Waals surface area contributed by atoms with Gasteiger partial charge in [-0.2, -0.15) is 4.39 Å². The normalized spacial score (nSPS) is 29.2. The number of aliphatic hydroxyl groups excluding tert-OH is 5. The first kappa shape index (κ1) is 29.2. The van der Waals surface area contributed by atoms with Crippen molar-refractivity contribution in [3.8, 4) is 0 Å². The predicted octanol–water partition coefficient (Wildman–Crippen LogP) is -3.48. The molecule has 9 N–H and O–H groups in total. The van der Waals surface area contributed by atoms with Gasteiger partial charge in [0.15, 0.2) is 12.1 Å². The Morgan fingerprint density at radius 2 is 1.83 bits per heavy atom. The molecule has 2 saturated heterocycles. The Labute approximate surface area is 202 Å². The number of hydrogen-bond acceptors (Lipinski definition) is 12. The fourth-order valence-corrected chi connectivity index (χ4v) is 3.34. The number of halogens is 1. The molecule has 17 heteroatoms. The maximum Gasteiger partial charge on any atom is 0.330 e. The van der Waals surface area contributed by atoms with Crippen molar-refractivity contribution < 1.29 is 39.4 Å². The fraction of sp³-hybridized carbons (Fsp3) is 0.632. The molecule has 4 heterocycles. The first-order valence-electron chi connectivity index (χ1n) is 10.9. The van der Waals surface area contributed by atoms with Gasteiger partial charge in [-0.05, 0) is 0 Å². The van der Waals surface area contributed by atoms with E-state index in [2.05, 4.69) is 10.1 Å². The molecule has 2 aliphatic heterocycles. The van der Waals surface area contributed by atoms with E-state index in [1.54, 1.807) is 4.98 Å². The smallest absolute Gasteiger partial charge is 0.330 e. The minimum Gasteiger partial charge on any atom is -0.394 e. The third-order valence-corrected chi connectivity index (χ3v) is 5.15. The summed E-state index contributed by atoms with van der Waals surface area (Å²) in [5.74, 6) is -1.42. The molecular weight excluding hydrogens is 489 g/mol. The predicted molar refractivity (Wildman–Crippen MR) is 118 cm³/mol. The average Bonchev–Trinajstić information content (AvgIpc) is 3.56. The van der Waals surface area contributed by atoms with Crippen LogP contribution in [-0.2, 0) is 9.47 Å². The Kier molecular flexibility index (Phi) is 10.3. The quantitative estimate of drug-likeness (QED) is 0.141. The summed E-state index contributed by atoms with van der Waals surface area (Å²) in [5.41, 5.74) is 3.26. The Morgan fingerprint density at radius 3 is 2.33 bits per heavy atom. The van der Waals surface area contributed by atoms with Gasteiger partial charge in [-0.1, -0.05) is 13.8 Å². The maximum atomic E-state index is 13.0. The zero-order chi connectivity index (χ0) is 27.2. The van der Waals surface area contributed by atoms with Gasteiger partial charge in [0.05, 0.1) is 25.5 Å². The van der Waals surface area contributed by atoms with Crippen LogP contribution in [0, 0.1) is 11.2 Å². The molecule has 0 aromatic carbocycles. The number of aromatic nitrogens is 5. The monoisotopic (exact) mass is 519 g/mol. The lowest BCUT2D eigenvalue weighted by molar-refractivity contribution is -0.0588. The molecular formula is C19H30FN7O9. The van der Waals surface area contributed by atoms with Crippen LogP contribution in [0.1, 0.15) is 38.5 Å². The number of nitrogens with two attached hydrogens (primary N) is 1. The number of nitrogen functional groups attached to an aromatic ring is 1. The van der Waals surface area contributed by atoms with Crippen molar-refractivity contribution in [2.24, 2.45) is 5.73 Å². The van der Waals surface area contributed by atoms with Gasteiger partial charge in [0.25, 0.3) is 5.56 Å². The molecule has 202 valence electrons. The van der Waals surface area contributed by atoms with Gasteiger partial charge in [0, 0.05) is 6.42 Å². The summed E-state index contributed by atoms with van der Waals surface area (Å²) in [4.78, 5) is 27.7. The third-order valence-electron chi connectivity index (χ3n) is 5.15. The van der Waals surface area contributed by atoms with Crippen LogP contribution >= 0.6 is 0 Å². The van der Waals surface area contributed by atoms with Crippen molar-refractivity contribution in [2.75, 3.05) is 13.2 Å². The van der Waals surface area contributed by atoms with Gasteiger partial charge < -0.3 is 40.7 Å². The number of aromatic amines is 1. The summed E-state index contributed by atoms with van der Waals surface area (Å²) in [6.45, 7) is 3.18. The van der Waals surface area contributed by atoms with Crippen LogP contribution in [0.25, 0.3) is 0 Å². The second-order valence-electron chi connectivity index (χ2n) is 7.45. The van der Waals surface area contributed by atoms with E-state index in [0.29, 0.717) is 0 Å². The van der Waals surface area contributed by atoms with E-state index in [0.717, 1.165) is 15.4 Å². The molecule has 1 unspecified atom stereocenters. The summed E-state index contributed by atoms with van der Waals surface area (Å²) in [7, 11) is 0. The molecule has 0 amide bonds. The number of rotatable bonds is 5. The van der Waals surface area contributed by atoms with E-state index < -0.39 is 73.3 Å². The van der Waals surface area contributed by atoms with Gasteiger partial charge in [0.2, 0.25) is 11.6 Å². The highest BCUT2D eigenvalue weighted by atomic mass is 19.1. The molecule has 4 rings (SSSR count). The molecule has 2 aromatic rings. The second-order valence-corrected chi connectivity index (χ2v) is 7.45. The number of hydrogen-bond donors (Lipinski definition) is 8. The van der Waals surface area contributed by atoms with Gasteiger partial charge in [-0.3, -0.25) is 19.8 Å². The highest BCUT2D eigenvalue weighted by molar-refractivity contribution is 5.90. The van der Waals surface area contributed by atoms with E-state index >= 15 is 0 Å². The van der Waals surface area contributed by atoms with Crippen molar-refractivity contribution in [1.82, 2.24) is 24.3 Å². The Hall–Kier alpha value is -3.06. The van der Waals surface area contributed by atoms with Crippen molar-refractivity contribution in [3.63, 3.8) is 0 Å². The van der Waals surface area contributed by atoms with Gasteiger partial charge >= 0.3 is 5.69 Å². The number of aliphatic hydroxyl groups is 5. The Balaban J connectivity index is 0.000000237. The molecule has 0 bridgehead atoms. The molecule has 2 aliphatic rings. The lowest BCUT2D eigenvalue weighted by Crippen LogP contribution is -2.34. The fourth-order valence-electron chi connectivity index (χ4n) is 3.34. The molecule has 0 spiro atoms. The standard InChI is InChI=1S/C9H11FN2O5.C8H13N5O4.C2H6/c10-4-2-12(9(16)11-8(4)15)7-1-5(14)6(3-13)17-7;9-6(10)7-11-2-13(12-7)8-5(16)4(15)3(1-14)17-8;1-2/h2,5-7,13-14H,1,3H2,(H,11,15,16);2-5,8,14-16H,1H2,(H3,9,10);1-2H3/t5-,6?,7-;3-,4-,5-,8-;/m11./s1. The summed E-state index contributed by atoms with van der Waals surface area (Å²) >= 11 is 0. The van der Waals surface area contributed by atoms with Gasteiger partial charge in [-0.15, -0.1) is 5.10 Å². The van der Waals surface area contributed by atoms with Gasteiger partial charge in [-0.25, -0.2) is 14.5 Å². The lowest BCUT2D eigenvalue weighted by Gasteiger charge is -2.13. The largest absolute Gasteiger partial charge is 0.394 e. The van der Waals surface area contributed by atoms with Crippen molar-refractivity contribution in [1.29, 1.82) is 5.41 Å². The summed E-state index contributed by atoms with van der Waals surface area (Å²) in [6, 6.07) is 0. The van der Waals surface area contributed by atoms with Crippen molar-refractivity contribution in [3.05, 3.63) is 45.0 Å². The number of H-pyrrole nitrogens is 1. The highest BCUT2D eigenvalue weighted by Gasteiger charge is 2.44. The molecule has 2 aromatic heterocycles. The van der Waals surface area contributed by atoms with E-state index in [-0.39, 0.29) is 18.1 Å². The molecule has 16 nitrogen and oxygen atoms in total. The highest BCUT2D eigenvalue weighted by Crippen LogP contribution is 2.28. The van der Waals surface area contributed by atoms with E-state index in [9.17, 15) is 29.3 Å². The van der Waals surface area contributed by atoms with Crippen LogP contribution in [0.2, 0.25) is 0 Å². The van der Waals surface area contributed by atoms with Crippen molar-refractivity contribution in [2.45, 2.75) is 63.2 Å². The first-order valence-corrected chi connectivity index (χ1v) is 10.9. The average molecular weight is 519 g/mol. The number of nitrogens with one attached hydrogen (secondary N) is 2. The Bertz CT molecular complexity index is 1120. The Morgan fingerprint density at radius 1 is 1.19 bits per heavy atom. The SMILES string of the molecule is CC.N=C(N)c1ncn([C@@H]2O[C@H](CO)[C@@H](O)[C@H]2O)n1.O=c1[nH]c(=O)n([C@H]2C[C@@H](O)C(CO)O2)cc1F. The topological polar surface area (TPSA) is 255 Å². The number of amidine groups is 1. The van der Waals surface area contributed by atoms with Crippen LogP contribution in [0.3, 0.4) is 0 Å². The summed E-state index contributed by atoms with van der Waals surface area (Å²) in [5, 5.41) is 57.4. The van der Waals surface area contributed by atoms with Crippen LogP contribution in [0.5, 0.6) is 0 Å². The van der Waals surface area contributed by atoms with E-state index in [1.807, 2.05) is 13.8 Å². The number of ether oxygens (including phenoxy) is 2. The van der Waals surface area contributed by atoms with E-state index in [1.165, 1.54) is 6.33 Å². The van der Waals surface area contributed by atoms with Gasteiger partial charge in [0.1, 0.15) is 37.0 Å². The zero-order valence-corrected chi connectivity index (χ0v) is 19.4.